The van der Waals surface area contributed by atoms with E-state index in [-0.39, 0.29) is 36.4 Å². The van der Waals surface area contributed by atoms with E-state index in [1.54, 1.807) is 12.1 Å². The molecular formula is C20H30ClN3O4. The summed E-state index contributed by atoms with van der Waals surface area (Å²) in [7, 11) is 0. The van der Waals surface area contributed by atoms with E-state index in [9.17, 15) is 9.59 Å². The van der Waals surface area contributed by atoms with Crippen LogP contribution in [0.4, 0.5) is 0 Å². The number of rotatable bonds is 4. The van der Waals surface area contributed by atoms with Crippen LogP contribution in [0.1, 0.15) is 42.6 Å². The Balaban J connectivity index is 0.00000280. The molecule has 0 bridgehead atoms. The van der Waals surface area contributed by atoms with Crippen LogP contribution in [-0.2, 0) is 20.8 Å². The lowest BCUT2D eigenvalue weighted by atomic mass is 9.90. The molecule has 28 heavy (non-hydrogen) atoms. The maximum Gasteiger partial charge on any atom is 0.254 e. The van der Waals surface area contributed by atoms with Crippen molar-refractivity contribution in [2.75, 3.05) is 26.3 Å². The van der Waals surface area contributed by atoms with Crippen LogP contribution in [0, 0.1) is 0 Å². The molecule has 7 nitrogen and oxygen atoms in total. The van der Waals surface area contributed by atoms with Crippen LogP contribution < -0.4 is 11.1 Å². The predicted molar refractivity (Wildman–Crippen MR) is 108 cm³/mol. The SMILES string of the molecule is CC1CN(C(=O)c2ccc(CNC(=O)C3(N)CCOCC3)cc2)CC(C)O1.Cl. The molecule has 0 radical (unpaired) electrons. The topological polar surface area (TPSA) is 93.9 Å². The fraction of sp³-hybridized carbons (Fsp3) is 0.600. The number of nitrogens with zero attached hydrogens (tertiary/aromatic N) is 1. The van der Waals surface area contributed by atoms with Crippen molar-refractivity contribution in [2.24, 2.45) is 5.73 Å². The van der Waals surface area contributed by atoms with Crippen molar-refractivity contribution in [3.8, 4) is 0 Å². The van der Waals surface area contributed by atoms with Gasteiger partial charge in [0.25, 0.3) is 5.91 Å². The van der Waals surface area contributed by atoms with Gasteiger partial charge in [-0.1, -0.05) is 12.1 Å². The molecule has 0 saturated carbocycles. The Morgan fingerprint density at radius 2 is 1.71 bits per heavy atom. The lowest BCUT2D eigenvalue weighted by Gasteiger charge is -2.35. The van der Waals surface area contributed by atoms with Gasteiger partial charge in [-0.05, 0) is 44.4 Å². The van der Waals surface area contributed by atoms with Crippen LogP contribution >= 0.6 is 12.4 Å². The molecule has 1 aromatic carbocycles. The van der Waals surface area contributed by atoms with E-state index < -0.39 is 5.54 Å². The zero-order valence-electron chi connectivity index (χ0n) is 16.5. The number of benzene rings is 1. The molecule has 2 fully saturated rings. The van der Waals surface area contributed by atoms with Gasteiger partial charge in [-0.25, -0.2) is 0 Å². The maximum atomic E-state index is 12.7. The summed E-state index contributed by atoms with van der Waals surface area (Å²) in [5, 5.41) is 2.90. The molecule has 0 aromatic heterocycles. The number of carbonyl (C=O) groups is 2. The number of hydrogen-bond acceptors (Lipinski definition) is 5. The molecule has 156 valence electrons. The van der Waals surface area contributed by atoms with Crippen LogP contribution in [-0.4, -0.2) is 60.8 Å². The quantitative estimate of drug-likeness (QED) is 0.782. The van der Waals surface area contributed by atoms with E-state index in [4.69, 9.17) is 15.2 Å². The Morgan fingerprint density at radius 3 is 2.29 bits per heavy atom. The van der Waals surface area contributed by atoms with E-state index >= 15 is 0 Å². The number of nitrogens with one attached hydrogen (secondary N) is 1. The highest BCUT2D eigenvalue weighted by Gasteiger charge is 2.35. The normalized spacial score (nSPS) is 24.2. The Bertz CT molecular complexity index is 667. The van der Waals surface area contributed by atoms with E-state index in [0.29, 0.717) is 51.3 Å². The monoisotopic (exact) mass is 411 g/mol. The van der Waals surface area contributed by atoms with Gasteiger partial charge < -0.3 is 25.4 Å². The molecule has 2 heterocycles. The lowest BCUT2D eigenvalue weighted by molar-refractivity contribution is -0.129. The summed E-state index contributed by atoms with van der Waals surface area (Å²) in [6.45, 7) is 6.57. The van der Waals surface area contributed by atoms with Crippen LogP contribution in [0.15, 0.2) is 24.3 Å². The summed E-state index contributed by atoms with van der Waals surface area (Å²) in [4.78, 5) is 26.9. The van der Waals surface area contributed by atoms with Gasteiger partial charge in [0.15, 0.2) is 0 Å². The van der Waals surface area contributed by atoms with E-state index in [1.165, 1.54) is 0 Å². The minimum Gasteiger partial charge on any atom is -0.381 e. The van der Waals surface area contributed by atoms with Crippen molar-refractivity contribution < 1.29 is 19.1 Å². The Morgan fingerprint density at radius 1 is 1.14 bits per heavy atom. The number of nitrogens with two attached hydrogens (primary N) is 1. The first-order valence-electron chi connectivity index (χ1n) is 9.56. The number of halogens is 1. The summed E-state index contributed by atoms with van der Waals surface area (Å²) in [5.74, 6) is -0.141. The number of morpholine rings is 1. The van der Waals surface area contributed by atoms with Gasteiger partial charge >= 0.3 is 0 Å². The maximum absolute atomic E-state index is 12.7. The molecule has 2 atom stereocenters. The molecule has 3 rings (SSSR count). The molecule has 8 heteroatoms. The third-order valence-corrected chi connectivity index (χ3v) is 5.20. The van der Waals surface area contributed by atoms with Gasteiger partial charge in [0.05, 0.1) is 17.7 Å². The zero-order valence-corrected chi connectivity index (χ0v) is 17.3. The van der Waals surface area contributed by atoms with Crippen LogP contribution in [0.25, 0.3) is 0 Å². The molecule has 3 N–H and O–H groups in total. The molecule has 2 aliphatic rings. The molecule has 0 spiro atoms. The van der Waals surface area contributed by atoms with Crippen LogP contribution in [0.2, 0.25) is 0 Å². The van der Waals surface area contributed by atoms with Crippen LogP contribution in [0.3, 0.4) is 0 Å². The fourth-order valence-corrected chi connectivity index (χ4v) is 3.61. The van der Waals surface area contributed by atoms with Crippen molar-refractivity contribution in [2.45, 2.75) is 51.0 Å². The third kappa shape index (κ3) is 5.44. The average molecular weight is 412 g/mol. The first-order valence-corrected chi connectivity index (χ1v) is 9.56. The second-order valence-electron chi connectivity index (χ2n) is 7.62. The standard InChI is InChI=1S/C20H29N3O4.ClH/c1-14-12-23(13-15(2)27-14)18(24)17-5-3-16(4-6-17)11-22-19(25)20(21)7-9-26-10-8-20;/h3-6,14-15H,7-13,21H2,1-2H3,(H,22,25);1H. The van der Waals surface area contributed by atoms with Crippen molar-refractivity contribution >= 4 is 24.2 Å². The molecule has 0 aliphatic carbocycles. The number of hydrogen-bond donors (Lipinski definition) is 2. The second kappa shape index (κ2) is 9.69. The van der Waals surface area contributed by atoms with Gasteiger partial charge in [0, 0.05) is 38.4 Å². The summed E-state index contributed by atoms with van der Waals surface area (Å²) < 4.78 is 11.0. The van der Waals surface area contributed by atoms with Crippen LogP contribution in [0.5, 0.6) is 0 Å². The minimum atomic E-state index is -0.849. The van der Waals surface area contributed by atoms with E-state index in [0.717, 1.165) is 5.56 Å². The zero-order chi connectivity index (χ0) is 19.4. The largest absolute Gasteiger partial charge is 0.381 e. The summed E-state index contributed by atoms with van der Waals surface area (Å²) >= 11 is 0. The van der Waals surface area contributed by atoms with Gasteiger partial charge in [-0.3, -0.25) is 9.59 Å². The molecule has 2 aliphatic heterocycles. The van der Waals surface area contributed by atoms with Gasteiger partial charge in [0.2, 0.25) is 5.91 Å². The van der Waals surface area contributed by atoms with Crippen molar-refractivity contribution in [3.05, 3.63) is 35.4 Å². The van der Waals surface area contributed by atoms with Gasteiger partial charge in [-0.15, -0.1) is 12.4 Å². The average Bonchev–Trinajstić information content (AvgIpc) is 2.65. The number of carbonyl (C=O) groups excluding carboxylic acids is 2. The summed E-state index contributed by atoms with van der Waals surface area (Å²) in [6, 6.07) is 7.35. The van der Waals surface area contributed by atoms with Crippen molar-refractivity contribution in [3.63, 3.8) is 0 Å². The summed E-state index contributed by atoms with van der Waals surface area (Å²) in [6.07, 6.45) is 1.15. The molecular weight excluding hydrogens is 382 g/mol. The highest BCUT2D eigenvalue weighted by molar-refractivity contribution is 5.94. The first kappa shape index (κ1) is 22.6. The number of amides is 2. The predicted octanol–water partition coefficient (Wildman–Crippen LogP) is 1.48. The molecule has 2 saturated heterocycles. The highest BCUT2D eigenvalue weighted by Crippen LogP contribution is 2.18. The highest BCUT2D eigenvalue weighted by atomic mass is 35.5. The lowest BCUT2D eigenvalue weighted by Crippen LogP contribution is -2.56. The molecule has 1 aromatic rings. The Hall–Kier alpha value is -1.67. The second-order valence-corrected chi connectivity index (χ2v) is 7.62. The molecule has 2 amide bonds. The Labute approximate surface area is 172 Å². The van der Waals surface area contributed by atoms with Crippen molar-refractivity contribution in [1.82, 2.24) is 10.2 Å². The van der Waals surface area contributed by atoms with E-state index in [2.05, 4.69) is 5.32 Å². The summed E-state index contributed by atoms with van der Waals surface area (Å²) in [5.41, 5.74) is 6.91. The minimum absolute atomic E-state index is 0. The molecule has 2 unspecified atom stereocenters. The van der Waals surface area contributed by atoms with Gasteiger partial charge in [0.1, 0.15) is 0 Å². The smallest absolute Gasteiger partial charge is 0.254 e. The van der Waals surface area contributed by atoms with Crippen molar-refractivity contribution in [1.29, 1.82) is 0 Å². The third-order valence-electron chi connectivity index (χ3n) is 5.20. The number of ether oxygens (including phenoxy) is 2. The fourth-order valence-electron chi connectivity index (χ4n) is 3.61. The van der Waals surface area contributed by atoms with E-state index in [1.807, 2.05) is 30.9 Å². The Kier molecular flexibility index (Phi) is 7.83. The first-order chi connectivity index (χ1) is 12.9. The van der Waals surface area contributed by atoms with Gasteiger partial charge in [-0.2, -0.15) is 0 Å².